The molecular weight excluding hydrogens is 346 g/mol. The Labute approximate surface area is 160 Å². The van der Waals surface area contributed by atoms with Crippen molar-refractivity contribution < 1.29 is 19.1 Å². The molecule has 1 saturated heterocycles. The Morgan fingerprint density at radius 3 is 2.26 bits per heavy atom. The number of carbonyl (C=O) groups excluding carboxylic acids is 3. The minimum Gasteiger partial charge on any atom is -0.456 e. The fourth-order valence-electron chi connectivity index (χ4n) is 2.81. The monoisotopic (exact) mass is 375 g/mol. The van der Waals surface area contributed by atoms with E-state index in [2.05, 4.69) is 5.32 Å². The third-order valence-corrected chi connectivity index (χ3v) is 4.23. The van der Waals surface area contributed by atoms with Gasteiger partial charge >= 0.3 is 5.97 Å². The summed E-state index contributed by atoms with van der Waals surface area (Å²) < 4.78 is 5.30. The van der Waals surface area contributed by atoms with Crippen LogP contribution in [0.3, 0.4) is 0 Å². The summed E-state index contributed by atoms with van der Waals surface area (Å²) in [6, 6.07) is 5.46. The van der Waals surface area contributed by atoms with Gasteiger partial charge in [-0.05, 0) is 64.3 Å². The normalized spacial score (nSPS) is 15.8. The van der Waals surface area contributed by atoms with Crippen LogP contribution < -0.4 is 11.1 Å². The van der Waals surface area contributed by atoms with Crippen LogP contribution in [0, 0.1) is 0 Å². The fraction of sp³-hybridized carbons (Fsp3) is 0.550. The average molecular weight is 375 g/mol. The molecule has 148 valence electrons. The predicted octanol–water partition coefficient (Wildman–Crippen LogP) is 2.31. The average Bonchev–Trinajstić information content (AvgIpc) is 2.61. The molecule has 27 heavy (non-hydrogen) atoms. The Kier molecular flexibility index (Phi) is 6.96. The van der Waals surface area contributed by atoms with E-state index in [1.54, 1.807) is 49.9 Å². The van der Waals surface area contributed by atoms with Crippen LogP contribution in [0.1, 0.15) is 56.8 Å². The number of rotatable bonds is 5. The van der Waals surface area contributed by atoms with E-state index < -0.39 is 23.5 Å². The number of carbonyl (C=O) groups is 3. The first-order chi connectivity index (χ1) is 12.7. The second-order valence-corrected chi connectivity index (χ2v) is 7.82. The van der Waals surface area contributed by atoms with Crippen LogP contribution in [0.25, 0.3) is 0 Å². The molecule has 1 aromatic carbocycles. The Morgan fingerprint density at radius 2 is 1.70 bits per heavy atom. The van der Waals surface area contributed by atoms with Crippen molar-refractivity contribution >= 4 is 23.5 Å². The first-order valence-corrected chi connectivity index (χ1v) is 9.33. The minimum absolute atomic E-state index is 0.0121. The summed E-state index contributed by atoms with van der Waals surface area (Å²) in [5, 5.41) is 2.68. The van der Waals surface area contributed by atoms with Gasteiger partial charge in [0.05, 0.1) is 18.0 Å². The molecule has 1 fully saturated rings. The van der Waals surface area contributed by atoms with E-state index in [9.17, 15) is 14.4 Å². The molecule has 1 aliphatic heterocycles. The van der Waals surface area contributed by atoms with Crippen LogP contribution in [0.5, 0.6) is 0 Å². The van der Waals surface area contributed by atoms with Gasteiger partial charge in [-0.15, -0.1) is 0 Å². The van der Waals surface area contributed by atoms with Crippen LogP contribution in [0.4, 0.5) is 5.69 Å². The topological polar surface area (TPSA) is 102 Å². The zero-order valence-corrected chi connectivity index (χ0v) is 16.3. The number of anilines is 1. The third-order valence-electron chi connectivity index (χ3n) is 4.23. The van der Waals surface area contributed by atoms with Crippen molar-refractivity contribution in [3.8, 4) is 0 Å². The Hall–Kier alpha value is -2.41. The van der Waals surface area contributed by atoms with Crippen molar-refractivity contribution in [2.45, 2.75) is 58.1 Å². The molecule has 0 saturated carbocycles. The molecule has 7 nitrogen and oxygen atoms in total. The smallest absolute Gasteiger partial charge is 0.338 e. The van der Waals surface area contributed by atoms with E-state index >= 15 is 0 Å². The van der Waals surface area contributed by atoms with E-state index in [0.717, 1.165) is 32.4 Å². The largest absolute Gasteiger partial charge is 0.456 e. The molecule has 0 bridgehead atoms. The van der Waals surface area contributed by atoms with E-state index in [1.165, 1.54) is 0 Å². The van der Waals surface area contributed by atoms with Crippen molar-refractivity contribution in [3.05, 3.63) is 29.8 Å². The molecule has 1 aliphatic rings. The van der Waals surface area contributed by atoms with E-state index in [1.807, 2.05) is 0 Å². The number of hydrogen-bond donors (Lipinski definition) is 2. The van der Waals surface area contributed by atoms with Crippen molar-refractivity contribution in [3.63, 3.8) is 0 Å². The Balaban J connectivity index is 1.87. The highest BCUT2D eigenvalue weighted by Gasteiger charge is 2.23. The van der Waals surface area contributed by atoms with Gasteiger partial charge in [-0.2, -0.15) is 0 Å². The van der Waals surface area contributed by atoms with Gasteiger partial charge in [0.2, 0.25) is 11.8 Å². The number of nitrogens with zero attached hydrogens (tertiary/aromatic N) is 1. The quantitative estimate of drug-likeness (QED) is 0.769. The van der Waals surface area contributed by atoms with Gasteiger partial charge in [0.15, 0.2) is 0 Å². The second kappa shape index (κ2) is 8.99. The lowest BCUT2D eigenvalue weighted by Gasteiger charge is -2.27. The summed E-state index contributed by atoms with van der Waals surface area (Å²) in [5.41, 5.74) is 6.22. The summed E-state index contributed by atoms with van der Waals surface area (Å²) in [7, 11) is 0. The summed E-state index contributed by atoms with van der Waals surface area (Å²) in [4.78, 5) is 38.2. The molecule has 0 radical (unpaired) electrons. The van der Waals surface area contributed by atoms with Gasteiger partial charge in [0.1, 0.15) is 5.60 Å². The molecular formula is C20H29N3O4. The second-order valence-electron chi connectivity index (χ2n) is 7.82. The zero-order chi connectivity index (χ0) is 20.0. The molecule has 1 heterocycles. The van der Waals surface area contributed by atoms with Gasteiger partial charge in [-0.25, -0.2) is 4.79 Å². The maximum absolute atomic E-state index is 12.2. The molecule has 0 unspecified atom stereocenters. The maximum atomic E-state index is 12.2. The summed E-state index contributed by atoms with van der Waals surface area (Å²) in [5.74, 6) is -0.938. The Morgan fingerprint density at radius 1 is 1.11 bits per heavy atom. The van der Waals surface area contributed by atoms with Gasteiger partial charge in [-0.1, -0.05) is 0 Å². The highest BCUT2D eigenvalue weighted by atomic mass is 16.6. The Bertz CT molecular complexity index is 673. The fourth-order valence-corrected chi connectivity index (χ4v) is 2.81. The zero-order valence-electron chi connectivity index (χ0n) is 16.3. The number of hydrogen-bond acceptors (Lipinski definition) is 5. The highest BCUT2D eigenvalue weighted by molar-refractivity contribution is 5.98. The molecule has 7 heteroatoms. The van der Waals surface area contributed by atoms with Crippen molar-refractivity contribution in [2.75, 3.05) is 18.4 Å². The lowest BCUT2D eigenvalue weighted by molar-refractivity contribution is -0.134. The van der Waals surface area contributed by atoms with Crippen molar-refractivity contribution in [1.82, 2.24) is 4.90 Å². The van der Waals surface area contributed by atoms with Gasteiger partial charge in [-0.3, -0.25) is 9.59 Å². The SMILES string of the molecule is CC(C)(C)OC(=O)c1ccc(NC(=O)[C@@H](N)CC(=O)N2CCCCC2)cc1. The number of amides is 2. The molecule has 2 rings (SSSR count). The lowest BCUT2D eigenvalue weighted by Crippen LogP contribution is -2.43. The van der Waals surface area contributed by atoms with Crippen LogP contribution in [-0.2, 0) is 14.3 Å². The maximum Gasteiger partial charge on any atom is 0.338 e. The molecule has 2 amide bonds. The lowest BCUT2D eigenvalue weighted by atomic mass is 10.1. The van der Waals surface area contributed by atoms with Gasteiger partial charge in [0, 0.05) is 18.8 Å². The van der Waals surface area contributed by atoms with Crippen LogP contribution in [-0.4, -0.2) is 47.4 Å². The molecule has 1 aromatic rings. The number of esters is 1. The van der Waals surface area contributed by atoms with Crippen molar-refractivity contribution in [2.24, 2.45) is 5.73 Å². The van der Waals surface area contributed by atoms with E-state index in [4.69, 9.17) is 10.5 Å². The van der Waals surface area contributed by atoms with Crippen LogP contribution in [0.2, 0.25) is 0 Å². The first kappa shape index (κ1) is 20.9. The molecule has 0 aromatic heterocycles. The summed E-state index contributed by atoms with van der Waals surface area (Å²) >= 11 is 0. The molecule has 3 N–H and O–H groups in total. The number of likely N-dealkylation sites (tertiary alicyclic amines) is 1. The van der Waals surface area contributed by atoms with Crippen LogP contribution >= 0.6 is 0 Å². The third kappa shape index (κ3) is 6.67. The number of benzene rings is 1. The first-order valence-electron chi connectivity index (χ1n) is 9.33. The highest BCUT2D eigenvalue weighted by Crippen LogP contribution is 2.15. The summed E-state index contributed by atoms with van der Waals surface area (Å²) in [6.07, 6.45) is 3.12. The van der Waals surface area contributed by atoms with Crippen molar-refractivity contribution in [1.29, 1.82) is 0 Å². The predicted molar refractivity (Wildman–Crippen MR) is 103 cm³/mol. The number of piperidine rings is 1. The van der Waals surface area contributed by atoms with Gasteiger partial charge in [0.25, 0.3) is 0 Å². The number of ether oxygens (including phenoxy) is 1. The summed E-state index contributed by atoms with van der Waals surface area (Å²) in [6.45, 7) is 6.86. The van der Waals surface area contributed by atoms with E-state index in [0.29, 0.717) is 11.3 Å². The minimum atomic E-state index is -0.912. The van der Waals surface area contributed by atoms with Crippen LogP contribution in [0.15, 0.2) is 24.3 Å². The molecule has 0 aliphatic carbocycles. The molecule has 0 spiro atoms. The van der Waals surface area contributed by atoms with E-state index in [-0.39, 0.29) is 12.3 Å². The molecule has 1 atom stereocenters. The standard InChI is InChI=1S/C20H29N3O4/c1-20(2,3)27-19(26)14-7-9-15(10-8-14)22-18(25)16(21)13-17(24)23-11-5-4-6-12-23/h7-10,16H,4-6,11-13,21H2,1-3H3,(H,22,25)/t16-/m0/s1. The van der Waals surface area contributed by atoms with Gasteiger partial charge < -0.3 is 20.7 Å². The number of nitrogens with one attached hydrogen (secondary N) is 1. The number of nitrogens with two attached hydrogens (primary N) is 1.